The van der Waals surface area contributed by atoms with Gasteiger partial charge in [0.25, 0.3) is 0 Å². The van der Waals surface area contributed by atoms with Crippen molar-refractivity contribution in [1.29, 1.82) is 0 Å². The number of hydrogen-bond donors (Lipinski definition) is 2. The number of hydrogen-bond acceptors (Lipinski definition) is 3. The van der Waals surface area contributed by atoms with Crippen molar-refractivity contribution < 1.29 is 24.1 Å². The van der Waals surface area contributed by atoms with Gasteiger partial charge in [-0.2, -0.15) is 0 Å². The van der Waals surface area contributed by atoms with Gasteiger partial charge < -0.3 is 14.9 Å². The molecule has 0 radical (unpaired) electrons. The van der Waals surface area contributed by atoms with Gasteiger partial charge in [-0.25, -0.2) is 9.18 Å². The molecule has 0 aliphatic carbocycles. The third-order valence-corrected chi connectivity index (χ3v) is 2.53. The number of aliphatic carboxylic acids is 1. The number of ether oxygens (including phenoxy) is 1. The van der Waals surface area contributed by atoms with E-state index in [0.717, 1.165) is 6.07 Å². The number of carboxylic acid groups (broad SMARTS) is 1. The van der Waals surface area contributed by atoms with E-state index in [1.54, 1.807) is 0 Å². The lowest BCUT2D eigenvalue weighted by Crippen LogP contribution is -2.26. The summed E-state index contributed by atoms with van der Waals surface area (Å²) >= 11 is 0. The Morgan fingerprint density at radius 2 is 2.17 bits per heavy atom. The summed E-state index contributed by atoms with van der Waals surface area (Å²) in [6, 6.07) is 3.94. The molecule has 0 saturated carbocycles. The lowest BCUT2D eigenvalue weighted by Gasteiger charge is -2.15. The molecule has 2 N–H and O–H groups in total. The molecular formula is C13H17FO4. The normalized spacial score (nSPS) is 14.0. The summed E-state index contributed by atoms with van der Waals surface area (Å²) < 4.78 is 18.8. The number of carboxylic acids is 1. The number of carbonyl (C=O) groups is 1. The van der Waals surface area contributed by atoms with Crippen LogP contribution in [0.15, 0.2) is 18.2 Å². The van der Waals surface area contributed by atoms with E-state index in [0.29, 0.717) is 12.8 Å². The molecule has 4 nitrogen and oxygen atoms in total. The third kappa shape index (κ3) is 3.70. The molecule has 1 aromatic carbocycles. The summed E-state index contributed by atoms with van der Waals surface area (Å²) in [7, 11) is 0. The van der Waals surface area contributed by atoms with Gasteiger partial charge in [0.2, 0.25) is 0 Å². The van der Waals surface area contributed by atoms with Crippen LogP contribution in [0.1, 0.15) is 38.4 Å². The Morgan fingerprint density at radius 3 is 2.61 bits per heavy atom. The molecule has 0 aliphatic rings. The molecule has 1 unspecified atom stereocenters. The van der Waals surface area contributed by atoms with E-state index in [-0.39, 0.29) is 11.3 Å². The highest BCUT2D eigenvalue weighted by molar-refractivity contribution is 5.72. The Labute approximate surface area is 105 Å². The Morgan fingerprint density at radius 1 is 1.50 bits per heavy atom. The van der Waals surface area contributed by atoms with Gasteiger partial charge in [0.05, 0.1) is 6.10 Å². The molecule has 1 aromatic rings. The van der Waals surface area contributed by atoms with Crippen LogP contribution < -0.4 is 4.74 Å². The van der Waals surface area contributed by atoms with Gasteiger partial charge in [0, 0.05) is 11.6 Å². The molecule has 18 heavy (non-hydrogen) atoms. The Bertz CT molecular complexity index is 417. The highest BCUT2D eigenvalue weighted by Gasteiger charge is 2.19. The smallest absolute Gasteiger partial charge is 0.344 e. The molecule has 2 atom stereocenters. The van der Waals surface area contributed by atoms with Crippen molar-refractivity contribution in [3.8, 4) is 5.75 Å². The quantitative estimate of drug-likeness (QED) is 0.820. The van der Waals surface area contributed by atoms with Crippen LogP contribution >= 0.6 is 0 Å². The Kier molecular flexibility index (Phi) is 5.09. The largest absolute Gasteiger partial charge is 0.479 e. The van der Waals surface area contributed by atoms with Crippen LogP contribution in [0.3, 0.4) is 0 Å². The average molecular weight is 256 g/mol. The predicted molar refractivity (Wildman–Crippen MR) is 64.0 cm³/mol. The second-order valence-electron chi connectivity index (χ2n) is 4.09. The first-order valence-corrected chi connectivity index (χ1v) is 5.82. The monoisotopic (exact) mass is 256 g/mol. The highest BCUT2D eigenvalue weighted by Crippen LogP contribution is 2.23. The molecule has 0 amide bonds. The number of rotatable bonds is 6. The van der Waals surface area contributed by atoms with E-state index in [9.17, 15) is 14.3 Å². The van der Waals surface area contributed by atoms with E-state index >= 15 is 0 Å². The van der Waals surface area contributed by atoms with E-state index in [1.807, 2.05) is 6.92 Å². The van der Waals surface area contributed by atoms with Crippen LogP contribution in [-0.2, 0) is 4.79 Å². The van der Waals surface area contributed by atoms with Crippen LogP contribution in [0.4, 0.5) is 4.39 Å². The minimum Gasteiger partial charge on any atom is -0.479 e. The van der Waals surface area contributed by atoms with Gasteiger partial charge in [-0.15, -0.1) is 0 Å². The molecule has 1 rings (SSSR count). The van der Waals surface area contributed by atoms with Crippen LogP contribution in [-0.4, -0.2) is 22.3 Å². The molecule has 0 bridgehead atoms. The maximum absolute atomic E-state index is 13.6. The van der Waals surface area contributed by atoms with Crippen LogP contribution in [0.25, 0.3) is 0 Å². The summed E-state index contributed by atoms with van der Waals surface area (Å²) in [6.45, 7) is 3.30. The Balaban J connectivity index is 2.84. The SMILES string of the molecule is CCCC(Oc1ccc([C@@H](C)O)c(F)c1)C(=O)O. The van der Waals surface area contributed by atoms with E-state index < -0.39 is 24.0 Å². The highest BCUT2D eigenvalue weighted by atomic mass is 19.1. The number of aliphatic hydroxyl groups excluding tert-OH is 1. The van der Waals surface area contributed by atoms with E-state index in [2.05, 4.69) is 0 Å². The number of benzene rings is 1. The molecular weight excluding hydrogens is 239 g/mol. The van der Waals surface area contributed by atoms with Gasteiger partial charge >= 0.3 is 5.97 Å². The molecule has 5 heteroatoms. The van der Waals surface area contributed by atoms with Crippen LogP contribution in [0, 0.1) is 5.82 Å². The van der Waals surface area contributed by atoms with Crippen molar-refractivity contribution in [3.05, 3.63) is 29.6 Å². The Hall–Kier alpha value is -1.62. The lowest BCUT2D eigenvalue weighted by molar-refractivity contribution is -0.145. The molecule has 0 fully saturated rings. The van der Waals surface area contributed by atoms with Gasteiger partial charge in [-0.05, 0) is 25.5 Å². The third-order valence-electron chi connectivity index (χ3n) is 2.53. The summed E-state index contributed by atoms with van der Waals surface area (Å²) in [5, 5.41) is 18.2. The maximum Gasteiger partial charge on any atom is 0.344 e. The summed E-state index contributed by atoms with van der Waals surface area (Å²) in [5.74, 6) is -1.53. The molecule has 0 aromatic heterocycles. The van der Waals surface area contributed by atoms with Crippen LogP contribution in [0.5, 0.6) is 5.75 Å². The van der Waals surface area contributed by atoms with Gasteiger partial charge in [0.1, 0.15) is 11.6 Å². The topological polar surface area (TPSA) is 66.8 Å². The summed E-state index contributed by atoms with van der Waals surface area (Å²) in [4.78, 5) is 10.9. The van der Waals surface area contributed by atoms with Crippen molar-refractivity contribution in [1.82, 2.24) is 0 Å². The molecule has 0 saturated heterocycles. The minimum absolute atomic E-state index is 0.151. The van der Waals surface area contributed by atoms with Gasteiger partial charge in [-0.3, -0.25) is 0 Å². The predicted octanol–water partition coefficient (Wildman–Crippen LogP) is 2.51. The van der Waals surface area contributed by atoms with E-state index in [4.69, 9.17) is 9.84 Å². The average Bonchev–Trinajstić information content (AvgIpc) is 2.27. The second kappa shape index (κ2) is 6.35. The van der Waals surface area contributed by atoms with Crippen molar-refractivity contribution >= 4 is 5.97 Å². The first-order chi connectivity index (χ1) is 8.45. The minimum atomic E-state index is -1.07. The summed E-state index contributed by atoms with van der Waals surface area (Å²) in [5.41, 5.74) is 0.157. The zero-order chi connectivity index (χ0) is 13.7. The molecule has 100 valence electrons. The van der Waals surface area contributed by atoms with Crippen molar-refractivity contribution in [2.75, 3.05) is 0 Å². The summed E-state index contributed by atoms with van der Waals surface area (Å²) in [6.07, 6.45) is -0.878. The molecule has 0 aliphatic heterocycles. The van der Waals surface area contributed by atoms with Crippen LogP contribution in [0.2, 0.25) is 0 Å². The number of aliphatic hydroxyl groups is 1. The maximum atomic E-state index is 13.6. The first-order valence-electron chi connectivity index (χ1n) is 5.82. The van der Waals surface area contributed by atoms with Crippen molar-refractivity contribution in [2.24, 2.45) is 0 Å². The molecule has 0 heterocycles. The zero-order valence-corrected chi connectivity index (χ0v) is 10.4. The fourth-order valence-corrected chi connectivity index (χ4v) is 1.58. The second-order valence-corrected chi connectivity index (χ2v) is 4.09. The van der Waals surface area contributed by atoms with Gasteiger partial charge in [-0.1, -0.05) is 13.3 Å². The van der Waals surface area contributed by atoms with Gasteiger partial charge in [0.15, 0.2) is 6.10 Å². The first kappa shape index (κ1) is 14.4. The fourth-order valence-electron chi connectivity index (χ4n) is 1.58. The zero-order valence-electron chi connectivity index (χ0n) is 10.4. The van der Waals surface area contributed by atoms with Crippen molar-refractivity contribution in [3.63, 3.8) is 0 Å². The van der Waals surface area contributed by atoms with E-state index in [1.165, 1.54) is 19.1 Å². The van der Waals surface area contributed by atoms with Crippen molar-refractivity contribution in [2.45, 2.75) is 38.9 Å². The number of halogens is 1. The molecule has 0 spiro atoms. The lowest BCUT2D eigenvalue weighted by atomic mass is 10.1. The fraction of sp³-hybridized carbons (Fsp3) is 0.462. The standard InChI is InChI=1S/C13H17FO4/c1-3-4-12(13(16)17)18-9-5-6-10(8(2)15)11(14)7-9/h5-8,12,15H,3-4H2,1-2H3,(H,16,17)/t8-,12?/m1/s1.